The Labute approximate surface area is 107 Å². The maximum atomic E-state index is 11.6. The molecule has 1 aromatic carbocycles. The Kier molecular flexibility index (Phi) is 4.48. The quantitative estimate of drug-likeness (QED) is 0.773. The first kappa shape index (κ1) is 14.2. The van der Waals surface area contributed by atoms with Crippen molar-refractivity contribution in [3.05, 3.63) is 35.4 Å². The van der Waals surface area contributed by atoms with E-state index < -0.39 is 5.60 Å². The third-order valence-corrected chi connectivity index (χ3v) is 2.14. The summed E-state index contributed by atoms with van der Waals surface area (Å²) in [5.74, 6) is -0.674. The second-order valence-electron chi connectivity index (χ2n) is 4.95. The Hall–Kier alpha value is -1.84. The molecular formula is C14H18O4. The predicted octanol–water partition coefficient (Wildman–Crippen LogP) is 2.36. The normalized spacial score (nSPS) is 10.9. The lowest BCUT2D eigenvalue weighted by Gasteiger charge is -2.19. The first-order valence-electron chi connectivity index (χ1n) is 5.71. The molecule has 0 aliphatic rings. The molecular weight excluding hydrogens is 232 g/mol. The molecule has 0 aliphatic heterocycles. The van der Waals surface area contributed by atoms with Crippen LogP contribution in [0.25, 0.3) is 0 Å². The zero-order valence-electron chi connectivity index (χ0n) is 11.1. The zero-order valence-corrected chi connectivity index (χ0v) is 11.1. The van der Waals surface area contributed by atoms with E-state index in [2.05, 4.69) is 4.74 Å². The average Bonchev–Trinajstić information content (AvgIpc) is 2.26. The summed E-state index contributed by atoms with van der Waals surface area (Å²) < 4.78 is 9.80. The minimum absolute atomic E-state index is 0.193. The van der Waals surface area contributed by atoms with Gasteiger partial charge in [-0.05, 0) is 38.5 Å². The molecule has 0 unspecified atom stereocenters. The molecule has 18 heavy (non-hydrogen) atoms. The van der Waals surface area contributed by atoms with Crippen LogP contribution in [0, 0.1) is 0 Å². The molecule has 0 saturated heterocycles. The monoisotopic (exact) mass is 250 g/mol. The molecule has 1 rings (SSSR count). The lowest BCUT2D eigenvalue weighted by atomic mass is 10.1. The minimum Gasteiger partial charge on any atom is -0.465 e. The van der Waals surface area contributed by atoms with E-state index in [0.717, 1.165) is 5.56 Å². The molecule has 0 fully saturated rings. The molecule has 0 aliphatic carbocycles. The minimum atomic E-state index is -0.483. The molecule has 0 aromatic heterocycles. The molecule has 0 spiro atoms. The van der Waals surface area contributed by atoms with E-state index >= 15 is 0 Å². The van der Waals surface area contributed by atoms with E-state index in [9.17, 15) is 9.59 Å². The topological polar surface area (TPSA) is 52.6 Å². The van der Waals surface area contributed by atoms with Crippen LogP contribution in [0.15, 0.2) is 24.3 Å². The number of rotatable bonds is 3. The molecule has 0 atom stereocenters. The third-order valence-electron chi connectivity index (χ3n) is 2.14. The van der Waals surface area contributed by atoms with Crippen LogP contribution in [-0.4, -0.2) is 24.6 Å². The van der Waals surface area contributed by atoms with E-state index in [4.69, 9.17) is 4.74 Å². The van der Waals surface area contributed by atoms with Gasteiger partial charge in [0.2, 0.25) is 0 Å². The Morgan fingerprint density at radius 3 is 2.11 bits per heavy atom. The largest absolute Gasteiger partial charge is 0.465 e. The fraction of sp³-hybridized carbons (Fsp3) is 0.429. The van der Waals surface area contributed by atoms with Gasteiger partial charge in [-0.3, -0.25) is 4.79 Å². The highest BCUT2D eigenvalue weighted by atomic mass is 16.6. The van der Waals surface area contributed by atoms with Crippen LogP contribution in [0.5, 0.6) is 0 Å². The summed E-state index contributed by atoms with van der Waals surface area (Å²) in [4.78, 5) is 22.8. The number of carbonyl (C=O) groups is 2. The highest BCUT2D eigenvalue weighted by Gasteiger charge is 2.16. The molecule has 4 nitrogen and oxygen atoms in total. The summed E-state index contributed by atoms with van der Waals surface area (Å²) in [6, 6.07) is 6.70. The number of hydrogen-bond donors (Lipinski definition) is 0. The standard InChI is InChI=1S/C14H18O4/c1-14(2,3)18-12(15)9-10-5-7-11(8-6-10)13(16)17-4/h5-8H,9H2,1-4H3. The van der Waals surface area contributed by atoms with Gasteiger partial charge in [0.1, 0.15) is 5.60 Å². The van der Waals surface area contributed by atoms with E-state index in [1.54, 1.807) is 24.3 Å². The number of benzene rings is 1. The second-order valence-corrected chi connectivity index (χ2v) is 4.95. The molecule has 4 heteroatoms. The predicted molar refractivity (Wildman–Crippen MR) is 67.3 cm³/mol. The van der Waals surface area contributed by atoms with Gasteiger partial charge in [0.15, 0.2) is 0 Å². The molecule has 0 heterocycles. The van der Waals surface area contributed by atoms with Crippen LogP contribution in [0.1, 0.15) is 36.7 Å². The molecule has 0 radical (unpaired) electrons. The van der Waals surface area contributed by atoms with Gasteiger partial charge in [-0.15, -0.1) is 0 Å². The van der Waals surface area contributed by atoms with E-state index in [0.29, 0.717) is 5.56 Å². The molecule has 0 amide bonds. The van der Waals surface area contributed by atoms with E-state index in [1.807, 2.05) is 20.8 Å². The van der Waals surface area contributed by atoms with Crippen molar-refractivity contribution in [3.8, 4) is 0 Å². The van der Waals surface area contributed by atoms with Gasteiger partial charge < -0.3 is 9.47 Å². The maximum Gasteiger partial charge on any atom is 0.337 e. The summed E-state index contributed by atoms with van der Waals surface area (Å²) in [7, 11) is 1.33. The van der Waals surface area contributed by atoms with Crippen molar-refractivity contribution in [1.29, 1.82) is 0 Å². The molecule has 1 aromatic rings. The van der Waals surface area contributed by atoms with Gasteiger partial charge in [-0.2, -0.15) is 0 Å². The summed E-state index contributed by atoms with van der Waals surface area (Å²) in [6.45, 7) is 5.47. The fourth-order valence-corrected chi connectivity index (χ4v) is 1.42. The number of hydrogen-bond acceptors (Lipinski definition) is 4. The number of ether oxygens (including phenoxy) is 2. The lowest BCUT2D eigenvalue weighted by molar-refractivity contribution is -0.153. The van der Waals surface area contributed by atoms with Gasteiger partial charge >= 0.3 is 11.9 Å². The van der Waals surface area contributed by atoms with Gasteiger partial charge in [-0.1, -0.05) is 12.1 Å². The Bertz CT molecular complexity index is 426. The van der Waals surface area contributed by atoms with Crippen LogP contribution in [0.3, 0.4) is 0 Å². The first-order chi connectivity index (χ1) is 8.31. The number of methoxy groups -OCH3 is 1. The van der Waals surface area contributed by atoms with Crippen molar-refractivity contribution in [2.45, 2.75) is 32.8 Å². The third kappa shape index (κ3) is 4.57. The van der Waals surface area contributed by atoms with Crippen molar-refractivity contribution < 1.29 is 19.1 Å². The average molecular weight is 250 g/mol. The van der Waals surface area contributed by atoms with E-state index in [-0.39, 0.29) is 18.4 Å². The van der Waals surface area contributed by atoms with E-state index in [1.165, 1.54) is 7.11 Å². The Morgan fingerprint density at radius 1 is 1.11 bits per heavy atom. The van der Waals surface area contributed by atoms with Crippen LogP contribution >= 0.6 is 0 Å². The number of esters is 2. The van der Waals surface area contributed by atoms with Gasteiger partial charge in [0.25, 0.3) is 0 Å². The van der Waals surface area contributed by atoms with Gasteiger partial charge in [0, 0.05) is 0 Å². The van der Waals surface area contributed by atoms with Crippen molar-refractivity contribution in [2.24, 2.45) is 0 Å². The van der Waals surface area contributed by atoms with Gasteiger partial charge in [-0.25, -0.2) is 4.79 Å². The summed E-state index contributed by atoms with van der Waals surface area (Å²) in [6.07, 6.45) is 0.193. The van der Waals surface area contributed by atoms with Crippen LogP contribution in [0.4, 0.5) is 0 Å². The highest BCUT2D eigenvalue weighted by molar-refractivity contribution is 5.89. The van der Waals surface area contributed by atoms with Crippen LogP contribution in [-0.2, 0) is 20.7 Å². The molecule has 98 valence electrons. The summed E-state index contributed by atoms with van der Waals surface area (Å²) in [5, 5.41) is 0. The van der Waals surface area contributed by atoms with Gasteiger partial charge in [0.05, 0.1) is 19.1 Å². The van der Waals surface area contributed by atoms with Crippen molar-refractivity contribution in [2.75, 3.05) is 7.11 Å². The van der Waals surface area contributed by atoms with Crippen LogP contribution in [0.2, 0.25) is 0 Å². The van der Waals surface area contributed by atoms with Crippen molar-refractivity contribution in [1.82, 2.24) is 0 Å². The van der Waals surface area contributed by atoms with Crippen molar-refractivity contribution in [3.63, 3.8) is 0 Å². The number of carbonyl (C=O) groups excluding carboxylic acids is 2. The Balaban J connectivity index is 2.64. The molecule has 0 N–H and O–H groups in total. The molecule has 0 bridgehead atoms. The smallest absolute Gasteiger partial charge is 0.337 e. The second kappa shape index (κ2) is 5.67. The highest BCUT2D eigenvalue weighted by Crippen LogP contribution is 2.11. The van der Waals surface area contributed by atoms with Crippen molar-refractivity contribution >= 4 is 11.9 Å². The SMILES string of the molecule is COC(=O)c1ccc(CC(=O)OC(C)(C)C)cc1. The lowest BCUT2D eigenvalue weighted by Crippen LogP contribution is -2.24. The van der Waals surface area contributed by atoms with Crippen LogP contribution < -0.4 is 0 Å². The summed E-state index contributed by atoms with van der Waals surface area (Å²) in [5.41, 5.74) is 0.783. The fourth-order valence-electron chi connectivity index (χ4n) is 1.42. The first-order valence-corrected chi connectivity index (χ1v) is 5.71. The maximum absolute atomic E-state index is 11.6. The Morgan fingerprint density at radius 2 is 1.67 bits per heavy atom. The zero-order chi connectivity index (χ0) is 13.8. The summed E-state index contributed by atoms with van der Waals surface area (Å²) >= 11 is 0. The molecule has 0 saturated carbocycles.